The average molecular weight is 280 g/mol. The number of unbranched alkanes of at least 4 members (excludes halogenated alkanes) is 10. The molecule has 0 aliphatic carbocycles. The monoisotopic (exact) mass is 280 g/mol. The molecule has 0 aromatic carbocycles. The van der Waals surface area contributed by atoms with Gasteiger partial charge in [0.25, 0.3) is 0 Å². The van der Waals surface area contributed by atoms with Crippen LogP contribution in [0.25, 0.3) is 0 Å². The quantitative estimate of drug-likeness (QED) is 0.191. The Morgan fingerprint density at radius 1 is 0.750 bits per heavy atom. The van der Waals surface area contributed by atoms with Crippen LogP contribution < -0.4 is 0 Å². The van der Waals surface area contributed by atoms with E-state index >= 15 is 0 Å². The third kappa shape index (κ3) is 9.58. The van der Waals surface area contributed by atoms with Crippen LogP contribution in [0.4, 0.5) is 0 Å². The summed E-state index contributed by atoms with van der Waals surface area (Å²) in [5.74, 6) is 0. The van der Waals surface area contributed by atoms with E-state index in [4.69, 9.17) is 4.74 Å². The molecule has 0 spiro atoms. The summed E-state index contributed by atoms with van der Waals surface area (Å²) in [5, 5.41) is 0. The first-order valence-corrected chi connectivity index (χ1v) is 9.14. The van der Waals surface area contributed by atoms with Gasteiger partial charge in [-0.2, -0.15) is 0 Å². The van der Waals surface area contributed by atoms with E-state index in [2.05, 4.69) is 13.5 Å². The number of ether oxygens (including phenoxy) is 1. The van der Waals surface area contributed by atoms with Gasteiger partial charge in [0.1, 0.15) is 0 Å². The standard InChI is InChI=1S/C19H36O/c1-3-5-7-9-11-13-15-17-19-18(20-19)16-14-12-10-8-6-4-2/h3,18-19H,1,4-17H2,2H3. The second-order valence-corrected chi connectivity index (χ2v) is 6.40. The van der Waals surface area contributed by atoms with Gasteiger partial charge in [-0.15, -0.1) is 6.58 Å². The highest BCUT2D eigenvalue weighted by Crippen LogP contribution is 2.31. The lowest BCUT2D eigenvalue weighted by Gasteiger charge is -2.00. The molecule has 0 bridgehead atoms. The minimum Gasteiger partial charge on any atom is -0.370 e. The lowest BCUT2D eigenvalue weighted by molar-refractivity contribution is 0.347. The van der Waals surface area contributed by atoms with E-state index in [1.165, 1.54) is 89.9 Å². The van der Waals surface area contributed by atoms with Gasteiger partial charge in [0, 0.05) is 0 Å². The van der Waals surface area contributed by atoms with Gasteiger partial charge >= 0.3 is 0 Å². The zero-order chi connectivity index (χ0) is 14.5. The van der Waals surface area contributed by atoms with E-state index in [1.54, 1.807) is 0 Å². The summed E-state index contributed by atoms with van der Waals surface area (Å²) < 4.78 is 5.78. The molecule has 1 aliphatic rings. The molecule has 0 N–H and O–H groups in total. The molecule has 2 unspecified atom stereocenters. The number of rotatable bonds is 15. The molecular formula is C19H36O. The van der Waals surface area contributed by atoms with Crippen LogP contribution in [0, 0.1) is 0 Å². The van der Waals surface area contributed by atoms with E-state index in [9.17, 15) is 0 Å². The van der Waals surface area contributed by atoms with E-state index in [-0.39, 0.29) is 0 Å². The molecule has 0 radical (unpaired) electrons. The molecule has 0 amide bonds. The van der Waals surface area contributed by atoms with E-state index in [1.807, 2.05) is 6.08 Å². The van der Waals surface area contributed by atoms with Gasteiger partial charge < -0.3 is 4.74 Å². The summed E-state index contributed by atoms with van der Waals surface area (Å²) in [4.78, 5) is 0. The SMILES string of the molecule is C=CCCCCCCCC1OC1CCCCCCCC. The average Bonchev–Trinajstić information content (AvgIpc) is 3.20. The third-order valence-electron chi connectivity index (χ3n) is 4.43. The smallest absolute Gasteiger partial charge is 0.0841 e. The van der Waals surface area contributed by atoms with Crippen molar-refractivity contribution in [1.82, 2.24) is 0 Å². The van der Waals surface area contributed by atoms with Crippen molar-refractivity contribution in [2.45, 2.75) is 109 Å². The fraction of sp³-hybridized carbons (Fsp3) is 0.895. The molecule has 0 aromatic rings. The highest BCUT2D eigenvalue weighted by atomic mass is 16.6. The topological polar surface area (TPSA) is 12.5 Å². The van der Waals surface area contributed by atoms with Gasteiger partial charge in [0.2, 0.25) is 0 Å². The Labute approximate surface area is 127 Å². The zero-order valence-corrected chi connectivity index (χ0v) is 13.7. The fourth-order valence-corrected chi connectivity index (χ4v) is 2.98. The minimum absolute atomic E-state index is 0.624. The first-order valence-electron chi connectivity index (χ1n) is 9.14. The molecule has 1 saturated heterocycles. The van der Waals surface area contributed by atoms with E-state index in [0.717, 1.165) is 0 Å². The number of epoxide rings is 1. The van der Waals surface area contributed by atoms with Gasteiger partial charge in [-0.25, -0.2) is 0 Å². The van der Waals surface area contributed by atoms with Crippen molar-refractivity contribution in [2.24, 2.45) is 0 Å². The molecule has 118 valence electrons. The Morgan fingerprint density at radius 3 is 1.80 bits per heavy atom. The molecule has 1 nitrogen and oxygen atoms in total. The first-order chi connectivity index (χ1) is 9.88. The Bertz CT molecular complexity index is 224. The minimum atomic E-state index is 0.624. The predicted octanol–water partition coefficient (Wildman–Crippen LogP) is 6.42. The molecule has 2 atom stereocenters. The molecule has 1 aliphatic heterocycles. The van der Waals surface area contributed by atoms with Gasteiger partial charge in [0.05, 0.1) is 12.2 Å². The van der Waals surface area contributed by atoms with Crippen LogP contribution in [-0.2, 0) is 4.74 Å². The van der Waals surface area contributed by atoms with E-state index in [0.29, 0.717) is 12.2 Å². The van der Waals surface area contributed by atoms with Crippen LogP contribution in [0.3, 0.4) is 0 Å². The van der Waals surface area contributed by atoms with Crippen molar-refractivity contribution in [3.8, 4) is 0 Å². The summed E-state index contributed by atoms with van der Waals surface area (Å²) in [7, 11) is 0. The Kier molecular flexibility index (Phi) is 11.0. The summed E-state index contributed by atoms with van der Waals surface area (Å²) in [6.07, 6.45) is 22.3. The van der Waals surface area contributed by atoms with Crippen molar-refractivity contribution in [1.29, 1.82) is 0 Å². The second-order valence-electron chi connectivity index (χ2n) is 6.40. The third-order valence-corrected chi connectivity index (χ3v) is 4.43. The molecule has 1 heteroatoms. The van der Waals surface area contributed by atoms with Crippen molar-refractivity contribution < 1.29 is 4.74 Å². The number of hydrogen-bond acceptors (Lipinski definition) is 1. The molecule has 0 aromatic heterocycles. The zero-order valence-electron chi connectivity index (χ0n) is 13.7. The lowest BCUT2D eigenvalue weighted by Crippen LogP contribution is -1.94. The van der Waals surface area contributed by atoms with Gasteiger partial charge in [0.15, 0.2) is 0 Å². The maximum Gasteiger partial charge on any atom is 0.0841 e. The van der Waals surface area contributed by atoms with Crippen LogP contribution >= 0.6 is 0 Å². The number of hydrogen-bond donors (Lipinski definition) is 0. The first kappa shape index (κ1) is 17.8. The highest BCUT2D eigenvalue weighted by Gasteiger charge is 2.36. The fourth-order valence-electron chi connectivity index (χ4n) is 2.98. The van der Waals surface area contributed by atoms with Crippen molar-refractivity contribution in [3.05, 3.63) is 12.7 Å². The van der Waals surface area contributed by atoms with Crippen LogP contribution in [0.2, 0.25) is 0 Å². The molecule has 1 rings (SSSR count). The maximum atomic E-state index is 5.78. The summed E-state index contributed by atoms with van der Waals surface area (Å²) >= 11 is 0. The molecule has 20 heavy (non-hydrogen) atoms. The molecule has 1 heterocycles. The van der Waals surface area contributed by atoms with Gasteiger partial charge in [-0.3, -0.25) is 0 Å². The Hall–Kier alpha value is -0.300. The number of allylic oxidation sites excluding steroid dienone is 1. The van der Waals surface area contributed by atoms with Crippen LogP contribution in [-0.4, -0.2) is 12.2 Å². The molecule has 0 saturated carbocycles. The van der Waals surface area contributed by atoms with Gasteiger partial charge in [-0.05, 0) is 25.7 Å². The normalized spacial score (nSPS) is 21.1. The summed E-state index contributed by atoms with van der Waals surface area (Å²) in [6.45, 7) is 6.04. The Morgan fingerprint density at radius 2 is 1.25 bits per heavy atom. The lowest BCUT2D eigenvalue weighted by atomic mass is 10.0. The van der Waals surface area contributed by atoms with Gasteiger partial charge in [-0.1, -0.05) is 77.2 Å². The van der Waals surface area contributed by atoms with E-state index < -0.39 is 0 Å². The summed E-state index contributed by atoms with van der Waals surface area (Å²) in [6, 6.07) is 0. The van der Waals surface area contributed by atoms with Crippen molar-refractivity contribution in [2.75, 3.05) is 0 Å². The van der Waals surface area contributed by atoms with Crippen LogP contribution in [0.1, 0.15) is 96.8 Å². The Balaban J connectivity index is 1.76. The molecular weight excluding hydrogens is 244 g/mol. The largest absolute Gasteiger partial charge is 0.370 e. The van der Waals surface area contributed by atoms with Crippen molar-refractivity contribution >= 4 is 0 Å². The maximum absolute atomic E-state index is 5.78. The van der Waals surface area contributed by atoms with Crippen LogP contribution in [0.15, 0.2) is 12.7 Å². The second kappa shape index (κ2) is 12.4. The molecule has 1 fully saturated rings. The highest BCUT2D eigenvalue weighted by molar-refractivity contribution is 4.84. The summed E-state index contributed by atoms with van der Waals surface area (Å²) in [5.41, 5.74) is 0. The van der Waals surface area contributed by atoms with Crippen LogP contribution in [0.5, 0.6) is 0 Å². The van der Waals surface area contributed by atoms with Crippen molar-refractivity contribution in [3.63, 3.8) is 0 Å². The predicted molar refractivity (Wildman–Crippen MR) is 89.2 cm³/mol.